The van der Waals surface area contributed by atoms with E-state index < -0.39 is 30.4 Å². The molecular formula is C10H13F3N4O2. The molecule has 0 unspecified atom stereocenters. The molecule has 1 aromatic heterocycles. The molecule has 9 heteroatoms. The van der Waals surface area contributed by atoms with Crippen molar-refractivity contribution in [2.24, 2.45) is 12.8 Å². The van der Waals surface area contributed by atoms with Crippen molar-refractivity contribution in [1.29, 1.82) is 0 Å². The maximum Gasteiger partial charge on any atom is 0.438 e. The summed E-state index contributed by atoms with van der Waals surface area (Å²) in [6, 6.07) is 0.992. The Morgan fingerprint density at radius 3 is 2.63 bits per heavy atom. The number of hydrogen-bond acceptors (Lipinski definition) is 3. The molecule has 0 spiro atoms. The molecule has 2 rings (SSSR count). The zero-order valence-electron chi connectivity index (χ0n) is 9.98. The van der Waals surface area contributed by atoms with Crippen LogP contribution in [0, 0.1) is 0 Å². The lowest BCUT2D eigenvalue weighted by atomic mass is 10.0. The van der Waals surface area contributed by atoms with Gasteiger partial charge in [0.05, 0.1) is 6.04 Å². The first-order valence-electron chi connectivity index (χ1n) is 5.43. The third kappa shape index (κ3) is 2.04. The summed E-state index contributed by atoms with van der Waals surface area (Å²) in [5, 5.41) is 9.78. The third-order valence-corrected chi connectivity index (χ3v) is 3.16. The van der Waals surface area contributed by atoms with Crippen molar-refractivity contribution in [2.45, 2.75) is 24.4 Å². The number of hydrogen-bond donors (Lipinski definition) is 3. The van der Waals surface area contributed by atoms with Gasteiger partial charge < -0.3 is 15.4 Å². The largest absolute Gasteiger partial charge is 0.438 e. The van der Waals surface area contributed by atoms with E-state index in [2.05, 4.69) is 5.43 Å². The number of aryl methyl sites for hydroxylation is 1. The number of carbonyl (C=O) groups excluding carboxylic acids is 1. The highest BCUT2D eigenvalue weighted by molar-refractivity contribution is 5.72. The summed E-state index contributed by atoms with van der Waals surface area (Å²) < 4.78 is 40.4. The Labute approximate surface area is 106 Å². The Morgan fingerprint density at radius 1 is 1.63 bits per heavy atom. The van der Waals surface area contributed by atoms with Crippen LogP contribution in [0.5, 0.6) is 0 Å². The van der Waals surface area contributed by atoms with E-state index in [-0.39, 0.29) is 5.01 Å². The summed E-state index contributed by atoms with van der Waals surface area (Å²) in [5.41, 5.74) is 4.37. The van der Waals surface area contributed by atoms with Crippen LogP contribution in [0.15, 0.2) is 18.3 Å². The Hall–Kier alpha value is -1.74. The fourth-order valence-corrected chi connectivity index (χ4v) is 2.18. The van der Waals surface area contributed by atoms with Crippen molar-refractivity contribution < 1.29 is 23.1 Å². The monoisotopic (exact) mass is 278 g/mol. The van der Waals surface area contributed by atoms with Gasteiger partial charge in [0.25, 0.3) is 5.72 Å². The Balaban J connectivity index is 2.37. The molecule has 1 fully saturated rings. The molecule has 2 heterocycles. The smallest absolute Gasteiger partial charge is 0.362 e. The van der Waals surface area contributed by atoms with E-state index in [9.17, 15) is 23.1 Å². The summed E-state index contributed by atoms with van der Waals surface area (Å²) in [4.78, 5) is 11.1. The van der Waals surface area contributed by atoms with E-state index >= 15 is 0 Å². The van der Waals surface area contributed by atoms with Gasteiger partial charge in [0.15, 0.2) is 0 Å². The number of primary amides is 1. The molecule has 0 aliphatic carbocycles. The SMILES string of the molecule is Cn1cccc1[C@H]1C[C@@](O)(C(F)(F)F)N(C(N)=O)N1. The van der Waals surface area contributed by atoms with E-state index in [4.69, 9.17) is 5.73 Å². The van der Waals surface area contributed by atoms with Gasteiger partial charge in [-0.3, -0.25) is 0 Å². The zero-order valence-corrected chi connectivity index (χ0v) is 9.98. The van der Waals surface area contributed by atoms with Gasteiger partial charge in [-0.1, -0.05) is 0 Å². The molecule has 1 aliphatic heterocycles. The summed E-state index contributed by atoms with van der Waals surface area (Å²) in [7, 11) is 1.65. The molecule has 0 saturated carbocycles. The summed E-state index contributed by atoms with van der Waals surface area (Å²) in [5.74, 6) is 0. The van der Waals surface area contributed by atoms with Gasteiger partial charge in [-0.05, 0) is 12.1 Å². The van der Waals surface area contributed by atoms with Crippen LogP contribution in [0.1, 0.15) is 18.2 Å². The van der Waals surface area contributed by atoms with Crippen molar-refractivity contribution in [3.05, 3.63) is 24.0 Å². The highest BCUT2D eigenvalue weighted by Crippen LogP contribution is 2.43. The second-order valence-electron chi connectivity index (χ2n) is 4.42. The van der Waals surface area contributed by atoms with Crippen LogP contribution in [-0.4, -0.2) is 32.6 Å². The number of alkyl halides is 3. The van der Waals surface area contributed by atoms with Crippen molar-refractivity contribution in [2.75, 3.05) is 0 Å². The molecule has 2 atom stereocenters. The number of aliphatic hydroxyl groups is 1. The molecule has 19 heavy (non-hydrogen) atoms. The average Bonchev–Trinajstić information content (AvgIpc) is 2.81. The van der Waals surface area contributed by atoms with E-state index in [1.165, 1.54) is 0 Å². The van der Waals surface area contributed by atoms with Crippen LogP contribution in [0.25, 0.3) is 0 Å². The van der Waals surface area contributed by atoms with Crippen LogP contribution in [0.3, 0.4) is 0 Å². The molecular weight excluding hydrogens is 265 g/mol. The van der Waals surface area contributed by atoms with E-state index in [0.29, 0.717) is 5.69 Å². The van der Waals surface area contributed by atoms with Crippen LogP contribution in [0.2, 0.25) is 0 Å². The summed E-state index contributed by atoms with van der Waals surface area (Å²) >= 11 is 0. The maximum absolute atomic E-state index is 12.9. The molecule has 0 aromatic carbocycles. The highest BCUT2D eigenvalue weighted by atomic mass is 19.4. The van der Waals surface area contributed by atoms with Crippen molar-refractivity contribution in [3.8, 4) is 0 Å². The number of nitrogens with two attached hydrogens (primary N) is 1. The van der Waals surface area contributed by atoms with Crippen LogP contribution in [-0.2, 0) is 7.05 Å². The minimum Gasteiger partial charge on any atom is -0.362 e. The van der Waals surface area contributed by atoms with Gasteiger partial charge in [0, 0.05) is 25.4 Å². The first kappa shape index (κ1) is 13.7. The van der Waals surface area contributed by atoms with Crippen LogP contribution < -0.4 is 11.2 Å². The third-order valence-electron chi connectivity index (χ3n) is 3.16. The normalized spacial score (nSPS) is 27.8. The van der Waals surface area contributed by atoms with Gasteiger partial charge in [-0.15, -0.1) is 0 Å². The number of urea groups is 1. The number of carbonyl (C=O) groups is 1. The molecule has 0 bridgehead atoms. The Bertz CT molecular complexity index is 501. The number of rotatable bonds is 1. The highest BCUT2D eigenvalue weighted by Gasteiger charge is 2.64. The van der Waals surface area contributed by atoms with Crippen molar-refractivity contribution >= 4 is 6.03 Å². The molecule has 0 radical (unpaired) electrons. The molecule has 4 N–H and O–H groups in total. The lowest BCUT2D eigenvalue weighted by Gasteiger charge is -2.32. The Kier molecular flexibility index (Phi) is 2.98. The van der Waals surface area contributed by atoms with Crippen molar-refractivity contribution in [1.82, 2.24) is 15.0 Å². The standard InChI is InChI=1S/C10H13F3N4O2/c1-16-4-2-3-7(16)6-5-9(19,10(11,12)13)17(15-6)8(14)18/h2-4,6,15,19H,5H2,1H3,(H2,14,18)/t6-,9-/m1/s1. The number of nitrogens with one attached hydrogen (secondary N) is 1. The lowest BCUT2D eigenvalue weighted by molar-refractivity contribution is -0.299. The number of aromatic nitrogens is 1. The average molecular weight is 278 g/mol. The molecule has 1 saturated heterocycles. The molecule has 106 valence electrons. The van der Waals surface area contributed by atoms with Crippen LogP contribution in [0.4, 0.5) is 18.0 Å². The zero-order chi connectivity index (χ0) is 14.4. The topological polar surface area (TPSA) is 83.5 Å². The molecule has 1 aliphatic rings. The van der Waals surface area contributed by atoms with Gasteiger partial charge in [-0.2, -0.15) is 13.2 Å². The quantitative estimate of drug-likeness (QED) is 0.703. The minimum atomic E-state index is -5.01. The van der Waals surface area contributed by atoms with E-state index in [0.717, 1.165) is 0 Å². The number of nitrogens with zero attached hydrogens (tertiary/aromatic N) is 2. The molecule has 2 amide bonds. The van der Waals surface area contributed by atoms with Crippen LogP contribution >= 0.6 is 0 Å². The fraction of sp³-hybridized carbons (Fsp3) is 0.500. The number of hydrazine groups is 1. The first-order chi connectivity index (χ1) is 8.67. The van der Waals surface area contributed by atoms with Gasteiger partial charge >= 0.3 is 12.2 Å². The van der Waals surface area contributed by atoms with E-state index in [1.54, 1.807) is 29.9 Å². The summed E-state index contributed by atoms with van der Waals surface area (Å²) in [6.45, 7) is 0. The first-order valence-corrected chi connectivity index (χ1v) is 5.43. The number of halogens is 3. The van der Waals surface area contributed by atoms with Crippen molar-refractivity contribution in [3.63, 3.8) is 0 Å². The van der Waals surface area contributed by atoms with E-state index in [1.807, 2.05) is 0 Å². The minimum absolute atomic E-state index is 0.0324. The fourth-order valence-electron chi connectivity index (χ4n) is 2.18. The maximum atomic E-state index is 12.9. The second kappa shape index (κ2) is 4.14. The van der Waals surface area contributed by atoms with Gasteiger partial charge in [-0.25, -0.2) is 15.2 Å². The molecule has 1 aromatic rings. The summed E-state index contributed by atoms with van der Waals surface area (Å²) in [6.07, 6.45) is -4.08. The lowest BCUT2D eigenvalue weighted by Crippen LogP contribution is -2.61. The second-order valence-corrected chi connectivity index (χ2v) is 4.42. The number of amides is 2. The van der Waals surface area contributed by atoms with Gasteiger partial charge in [0.2, 0.25) is 0 Å². The predicted molar refractivity (Wildman–Crippen MR) is 58.3 cm³/mol. The predicted octanol–water partition coefficient (Wildman–Crippen LogP) is 0.606. The molecule has 6 nitrogen and oxygen atoms in total. The Morgan fingerprint density at radius 2 is 2.26 bits per heavy atom. The van der Waals surface area contributed by atoms with Gasteiger partial charge in [0.1, 0.15) is 0 Å².